The zero-order chi connectivity index (χ0) is 17.1. The molecule has 1 heterocycles. The van der Waals surface area contributed by atoms with Crippen LogP contribution in [0.2, 0.25) is 0 Å². The molecule has 1 amide bonds. The van der Waals surface area contributed by atoms with Crippen LogP contribution in [0.4, 0.5) is 5.69 Å². The van der Waals surface area contributed by atoms with Gasteiger partial charge in [0.25, 0.3) is 0 Å². The number of nitrogens with one attached hydrogen (secondary N) is 1. The van der Waals surface area contributed by atoms with Crippen molar-refractivity contribution in [1.29, 1.82) is 0 Å². The molecule has 4 heteroatoms. The summed E-state index contributed by atoms with van der Waals surface area (Å²) in [5.41, 5.74) is 11.4. The van der Waals surface area contributed by atoms with Gasteiger partial charge in [-0.2, -0.15) is 0 Å². The second-order valence-corrected chi connectivity index (χ2v) is 6.73. The first kappa shape index (κ1) is 16.7. The molecule has 1 aromatic heterocycles. The first-order valence-electron chi connectivity index (χ1n) is 8.65. The molecule has 3 rings (SSSR count). The fraction of sp³-hybridized carbons (Fsp3) is 0.400. The Hall–Kier alpha value is -2.20. The second-order valence-electron chi connectivity index (χ2n) is 6.73. The number of hydrogen-bond donors (Lipinski definition) is 2. The molecule has 0 bridgehead atoms. The highest BCUT2D eigenvalue weighted by Crippen LogP contribution is 2.29. The van der Waals surface area contributed by atoms with Gasteiger partial charge in [-0.15, -0.1) is 0 Å². The van der Waals surface area contributed by atoms with E-state index in [1.165, 1.54) is 18.4 Å². The summed E-state index contributed by atoms with van der Waals surface area (Å²) in [6.45, 7) is 4.10. The minimum Gasteiger partial charge on any atom is -0.325 e. The highest BCUT2D eigenvalue weighted by Gasteiger charge is 2.27. The molecule has 0 aliphatic heterocycles. The highest BCUT2D eigenvalue weighted by atomic mass is 16.2. The number of hydrogen-bond acceptors (Lipinski definition) is 3. The third kappa shape index (κ3) is 3.49. The van der Waals surface area contributed by atoms with E-state index in [1.54, 1.807) is 0 Å². The molecule has 0 radical (unpaired) electrons. The zero-order valence-corrected chi connectivity index (χ0v) is 14.4. The number of nitrogens with two attached hydrogens (primary N) is 1. The third-order valence-corrected chi connectivity index (χ3v) is 5.00. The first-order chi connectivity index (χ1) is 11.6. The van der Waals surface area contributed by atoms with Gasteiger partial charge in [0.2, 0.25) is 5.91 Å². The molecule has 1 fully saturated rings. The van der Waals surface area contributed by atoms with Gasteiger partial charge in [0.05, 0.1) is 6.04 Å². The number of pyridine rings is 1. The van der Waals surface area contributed by atoms with Crippen LogP contribution in [0.5, 0.6) is 0 Å². The van der Waals surface area contributed by atoms with E-state index >= 15 is 0 Å². The number of anilines is 1. The minimum atomic E-state index is -0.407. The Morgan fingerprint density at radius 2 is 1.83 bits per heavy atom. The summed E-state index contributed by atoms with van der Waals surface area (Å²) in [5.74, 6) is 0.244. The zero-order valence-electron chi connectivity index (χ0n) is 14.4. The molecule has 126 valence electrons. The maximum Gasteiger partial charge on any atom is 0.241 e. The molecule has 1 aliphatic carbocycles. The molecule has 3 N–H and O–H groups in total. The maximum atomic E-state index is 12.3. The van der Waals surface area contributed by atoms with E-state index < -0.39 is 6.04 Å². The van der Waals surface area contributed by atoms with Crippen molar-refractivity contribution in [2.24, 2.45) is 11.7 Å². The number of amides is 1. The van der Waals surface area contributed by atoms with Gasteiger partial charge in [-0.25, -0.2) is 0 Å². The molecule has 4 nitrogen and oxygen atoms in total. The molecule has 1 aromatic carbocycles. The molecule has 1 atom stereocenters. The maximum absolute atomic E-state index is 12.3. The summed E-state index contributed by atoms with van der Waals surface area (Å²) >= 11 is 0. The van der Waals surface area contributed by atoms with Crippen molar-refractivity contribution in [2.45, 2.75) is 45.6 Å². The fourth-order valence-corrected chi connectivity index (χ4v) is 3.61. The molecule has 0 saturated heterocycles. The Morgan fingerprint density at radius 1 is 1.17 bits per heavy atom. The average molecular weight is 323 g/mol. The van der Waals surface area contributed by atoms with Crippen molar-refractivity contribution >= 4 is 11.6 Å². The smallest absolute Gasteiger partial charge is 0.241 e. The molecule has 1 aliphatic rings. The summed E-state index contributed by atoms with van der Waals surface area (Å²) in [6, 6.07) is 9.51. The topological polar surface area (TPSA) is 68.0 Å². The van der Waals surface area contributed by atoms with E-state index in [2.05, 4.69) is 17.2 Å². The Labute approximate surface area is 143 Å². The molecular formula is C20H25N3O. The van der Waals surface area contributed by atoms with Crippen LogP contribution < -0.4 is 11.1 Å². The van der Waals surface area contributed by atoms with Crippen LogP contribution in [0.1, 0.15) is 36.9 Å². The van der Waals surface area contributed by atoms with Gasteiger partial charge in [0.15, 0.2) is 0 Å². The van der Waals surface area contributed by atoms with Crippen LogP contribution in [0, 0.1) is 19.8 Å². The van der Waals surface area contributed by atoms with Crippen LogP contribution in [-0.2, 0) is 4.79 Å². The van der Waals surface area contributed by atoms with Crippen molar-refractivity contribution in [3.8, 4) is 11.1 Å². The number of benzene rings is 1. The molecule has 1 saturated carbocycles. The number of carbonyl (C=O) groups is 1. The lowest BCUT2D eigenvalue weighted by Gasteiger charge is -2.18. The van der Waals surface area contributed by atoms with Crippen molar-refractivity contribution in [1.82, 2.24) is 4.98 Å². The molecule has 0 spiro atoms. The molecule has 0 unspecified atom stereocenters. The number of carbonyl (C=O) groups excluding carboxylic acids is 1. The summed E-state index contributed by atoms with van der Waals surface area (Å²) in [6.07, 6.45) is 6.32. The van der Waals surface area contributed by atoms with Gasteiger partial charge < -0.3 is 11.1 Å². The van der Waals surface area contributed by atoms with E-state index in [-0.39, 0.29) is 5.91 Å². The quantitative estimate of drug-likeness (QED) is 0.898. The van der Waals surface area contributed by atoms with Crippen LogP contribution >= 0.6 is 0 Å². The molecular weight excluding hydrogens is 298 g/mol. The van der Waals surface area contributed by atoms with Gasteiger partial charge in [-0.1, -0.05) is 25.0 Å². The number of nitrogens with zero attached hydrogens (tertiary/aromatic N) is 1. The van der Waals surface area contributed by atoms with E-state index in [0.29, 0.717) is 5.92 Å². The Morgan fingerprint density at radius 3 is 2.46 bits per heavy atom. The van der Waals surface area contributed by atoms with E-state index in [9.17, 15) is 4.79 Å². The lowest BCUT2D eigenvalue weighted by Crippen LogP contribution is -2.40. The predicted octanol–water partition coefficient (Wildman–Crippen LogP) is 3.82. The second kappa shape index (κ2) is 7.14. The van der Waals surface area contributed by atoms with Gasteiger partial charge in [0.1, 0.15) is 0 Å². The third-order valence-electron chi connectivity index (χ3n) is 5.00. The van der Waals surface area contributed by atoms with Crippen LogP contribution in [0.25, 0.3) is 11.1 Å². The van der Waals surface area contributed by atoms with Crippen LogP contribution in [-0.4, -0.2) is 16.9 Å². The van der Waals surface area contributed by atoms with Crippen LogP contribution in [0.3, 0.4) is 0 Å². The van der Waals surface area contributed by atoms with Crippen molar-refractivity contribution < 1.29 is 4.79 Å². The van der Waals surface area contributed by atoms with Crippen molar-refractivity contribution in [3.05, 3.63) is 47.8 Å². The van der Waals surface area contributed by atoms with Gasteiger partial charge in [0, 0.05) is 23.1 Å². The number of aryl methyl sites for hydroxylation is 2. The van der Waals surface area contributed by atoms with E-state index in [4.69, 9.17) is 5.73 Å². The van der Waals surface area contributed by atoms with Gasteiger partial charge >= 0.3 is 0 Å². The van der Waals surface area contributed by atoms with Gasteiger partial charge in [-0.05, 0) is 61.9 Å². The molecule has 24 heavy (non-hydrogen) atoms. The minimum absolute atomic E-state index is 0.0802. The van der Waals surface area contributed by atoms with Crippen molar-refractivity contribution in [2.75, 3.05) is 5.32 Å². The Bertz CT molecular complexity index is 698. The van der Waals surface area contributed by atoms with E-state index in [1.807, 2.05) is 43.5 Å². The highest BCUT2D eigenvalue weighted by molar-refractivity contribution is 5.95. The summed E-state index contributed by atoms with van der Waals surface area (Å²) < 4.78 is 0. The standard InChI is InChI=1S/C20H25N3O/c1-13-11-12-22-14(2)18(13)15-7-9-17(10-8-15)23-20(24)19(21)16-5-3-4-6-16/h7-12,16,19H,3-6,21H2,1-2H3,(H,23,24)/t19-/m0/s1. The number of rotatable bonds is 4. The van der Waals surface area contributed by atoms with Crippen molar-refractivity contribution in [3.63, 3.8) is 0 Å². The Kier molecular flexibility index (Phi) is 4.95. The summed E-state index contributed by atoms with van der Waals surface area (Å²) in [7, 11) is 0. The molecule has 2 aromatic rings. The first-order valence-corrected chi connectivity index (χ1v) is 8.65. The monoisotopic (exact) mass is 323 g/mol. The summed E-state index contributed by atoms with van der Waals surface area (Å²) in [4.78, 5) is 16.7. The van der Waals surface area contributed by atoms with Gasteiger partial charge in [-0.3, -0.25) is 9.78 Å². The van der Waals surface area contributed by atoms with Crippen LogP contribution in [0.15, 0.2) is 36.5 Å². The summed E-state index contributed by atoms with van der Waals surface area (Å²) in [5, 5.41) is 2.95. The normalized spacial score (nSPS) is 16.1. The van der Waals surface area contributed by atoms with E-state index in [0.717, 1.165) is 35.3 Å². The Balaban J connectivity index is 1.71. The largest absolute Gasteiger partial charge is 0.325 e. The SMILES string of the molecule is Cc1ccnc(C)c1-c1ccc(NC(=O)[C@@H](N)C2CCCC2)cc1. The fourth-order valence-electron chi connectivity index (χ4n) is 3.61. The predicted molar refractivity (Wildman–Crippen MR) is 97.7 cm³/mol. The average Bonchev–Trinajstić information content (AvgIpc) is 3.10. The lowest BCUT2D eigenvalue weighted by molar-refractivity contribution is -0.118. The number of aromatic nitrogens is 1. The lowest BCUT2D eigenvalue weighted by atomic mass is 9.98.